The number of fused-ring (bicyclic) bond motifs is 1. The molecule has 0 radical (unpaired) electrons. The summed E-state index contributed by atoms with van der Waals surface area (Å²) in [5, 5.41) is 13.1. The van der Waals surface area contributed by atoms with Gasteiger partial charge in [0.05, 0.1) is 11.3 Å². The molecule has 1 aliphatic heterocycles. The Morgan fingerprint density at radius 1 is 1.09 bits per heavy atom. The van der Waals surface area contributed by atoms with Gasteiger partial charge in [0.15, 0.2) is 0 Å². The number of hydrogen-bond acceptors (Lipinski definition) is 5. The molecule has 0 spiro atoms. The highest BCUT2D eigenvalue weighted by Crippen LogP contribution is 2.38. The van der Waals surface area contributed by atoms with Gasteiger partial charge >= 0.3 is 6.03 Å². The molecule has 0 saturated carbocycles. The van der Waals surface area contributed by atoms with E-state index in [1.165, 1.54) is 11.0 Å². The molecule has 8 heteroatoms. The molecule has 1 aromatic carbocycles. The molecule has 1 fully saturated rings. The minimum absolute atomic E-state index is 0.112. The first-order valence-electron chi connectivity index (χ1n) is 11.5. The number of amides is 4. The molecule has 2 aromatic heterocycles. The number of benzene rings is 1. The Balaban J connectivity index is 1.59. The molecule has 1 N–H and O–H groups in total. The fourth-order valence-electron chi connectivity index (χ4n) is 4.92. The van der Waals surface area contributed by atoms with Crippen LogP contribution in [0.3, 0.4) is 0 Å². The van der Waals surface area contributed by atoms with Gasteiger partial charge in [-0.3, -0.25) is 14.9 Å². The molecule has 3 aromatic rings. The highest BCUT2D eigenvalue weighted by atomic mass is 32.1. The van der Waals surface area contributed by atoms with E-state index >= 15 is 0 Å². The Bertz CT molecular complexity index is 1480. The summed E-state index contributed by atoms with van der Waals surface area (Å²) in [5.41, 5.74) is 5.35. The molecule has 3 heterocycles. The quantitative estimate of drug-likeness (QED) is 0.423. The molecule has 35 heavy (non-hydrogen) atoms. The molecular weight excluding hydrogens is 460 g/mol. The van der Waals surface area contributed by atoms with Crippen molar-refractivity contribution in [2.45, 2.75) is 46.5 Å². The maximum absolute atomic E-state index is 13.3. The molecule has 2 aliphatic rings. The van der Waals surface area contributed by atoms with Crippen LogP contribution in [0.1, 0.15) is 51.4 Å². The summed E-state index contributed by atoms with van der Waals surface area (Å²) in [5.74, 6) is -1.39. The maximum Gasteiger partial charge on any atom is 0.335 e. The number of nitrogens with one attached hydrogen (secondary N) is 1. The topological polar surface area (TPSA) is 95.2 Å². The van der Waals surface area contributed by atoms with Crippen molar-refractivity contribution in [3.63, 3.8) is 0 Å². The number of hydrogen-bond donors (Lipinski definition) is 1. The van der Waals surface area contributed by atoms with Crippen LogP contribution in [0.25, 0.3) is 11.1 Å². The minimum atomic E-state index is -0.764. The van der Waals surface area contributed by atoms with Gasteiger partial charge < -0.3 is 4.57 Å². The van der Waals surface area contributed by atoms with Crippen LogP contribution in [0.15, 0.2) is 35.9 Å². The number of carbonyl (C=O) groups is 3. The molecule has 5 rings (SSSR count). The van der Waals surface area contributed by atoms with Gasteiger partial charge in [-0.25, -0.2) is 9.69 Å². The number of thiophene rings is 1. The number of imide groups is 2. The van der Waals surface area contributed by atoms with E-state index in [2.05, 4.69) is 11.4 Å². The number of nitrogens with zero attached hydrogens (tertiary/aromatic N) is 3. The average Bonchev–Trinajstić information content (AvgIpc) is 3.33. The highest BCUT2D eigenvalue weighted by molar-refractivity contribution is 7.15. The van der Waals surface area contributed by atoms with Gasteiger partial charge in [0, 0.05) is 16.3 Å². The summed E-state index contributed by atoms with van der Waals surface area (Å²) in [6, 6.07) is 10.6. The third-order valence-corrected chi connectivity index (χ3v) is 7.97. The van der Waals surface area contributed by atoms with Crippen molar-refractivity contribution in [3.8, 4) is 11.1 Å². The Morgan fingerprint density at radius 3 is 2.57 bits per heavy atom. The fraction of sp³-hybridized carbons (Fsp3) is 0.259. The fourth-order valence-corrected chi connectivity index (χ4v) is 6.37. The number of aromatic nitrogens is 1. The Morgan fingerprint density at radius 2 is 1.83 bits per heavy atom. The molecule has 0 atom stereocenters. The van der Waals surface area contributed by atoms with Crippen LogP contribution >= 0.6 is 11.3 Å². The predicted molar refractivity (Wildman–Crippen MR) is 135 cm³/mol. The summed E-state index contributed by atoms with van der Waals surface area (Å²) in [4.78, 5) is 40.9. The van der Waals surface area contributed by atoms with Crippen LogP contribution in [-0.4, -0.2) is 22.4 Å². The number of aryl methyl sites for hydroxylation is 3. The number of urea groups is 1. The van der Waals surface area contributed by atoms with Crippen LogP contribution in [0.4, 0.5) is 10.5 Å². The summed E-state index contributed by atoms with van der Waals surface area (Å²) in [7, 11) is 0. The smallest absolute Gasteiger partial charge is 0.308 e. The summed E-state index contributed by atoms with van der Waals surface area (Å²) >= 11 is 1.65. The molecule has 1 saturated heterocycles. The second-order valence-electron chi connectivity index (χ2n) is 8.91. The number of para-hydroxylation sites is 1. The molecule has 0 unspecified atom stereocenters. The zero-order valence-corrected chi connectivity index (χ0v) is 20.6. The van der Waals surface area contributed by atoms with Crippen molar-refractivity contribution in [1.82, 2.24) is 9.88 Å². The lowest BCUT2D eigenvalue weighted by Gasteiger charge is -2.27. The minimum Gasteiger partial charge on any atom is -0.308 e. The largest absolute Gasteiger partial charge is 0.335 e. The zero-order chi connectivity index (χ0) is 24.9. The first-order valence-corrected chi connectivity index (χ1v) is 12.3. The number of nitriles is 1. The van der Waals surface area contributed by atoms with Crippen molar-refractivity contribution in [3.05, 3.63) is 74.4 Å². The third kappa shape index (κ3) is 3.69. The highest BCUT2D eigenvalue weighted by Gasteiger charge is 2.37. The average molecular weight is 485 g/mol. The van der Waals surface area contributed by atoms with Gasteiger partial charge in [-0.05, 0) is 81.4 Å². The van der Waals surface area contributed by atoms with Crippen molar-refractivity contribution >= 4 is 40.9 Å². The van der Waals surface area contributed by atoms with E-state index in [1.54, 1.807) is 36.5 Å². The summed E-state index contributed by atoms with van der Waals surface area (Å²) in [6.07, 6.45) is 5.66. The first-order chi connectivity index (χ1) is 16.8. The van der Waals surface area contributed by atoms with Crippen molar-refractivity contribution in [2.75, 3.05) is 4.90 Å². The third-order valence-electron chi connectivity index (χ3n) is 6.70. The number of rotatable bonds is 3. The number of barbiturate groups is 1. The number of anilines is 1. The van der Waals surface area contributed by atoms with Crippen LogP contribution < -0.4 is 10.2 Å². The van der Waals surface area contributed by atoms with Crippen LogP contribution in [0.2, 0.25) is 0 Å². The predicted octanol–water partition coefficient (Wildman–Crippen LogP) is 4.88. The second kappa shape index (κ2) is 8.67. The van der Waals surface area contributed by atoms with E-state index in [1.807, 2.05) is 30.5 Å². The maximum atomic E-state index is 13.3. The van der Waals surface area contributed by atoms with Crippen molar-refractivity contribution < 1.29 is 14.4 Å². The lowest BCUT2D eigenvalue weighted by Crippen LogP contribution is -2.54. The van der Waals surface area contributed by atoms with Gasteiger partial charge in [-0.15, -0.1) is 11.3 Å². The summed E-state index contributed by atoms with van der Waals surface area (Å²) in [6.45, 7) is 5.66. The van der Waals surface area contributed by atoms with Crippen LogP contribution in [0, 0.1) is 32.1 Å². The number of carbonyl (C=O) groups excluding carboxylic acids is 3. The Hall–Kier alpha value is -3.96. The lowest BCUT2D eigenvalue weighted by molar-refractivity contribution is -0.122. The molecule has 0 bridgehead atoms. The van der Waals surface area contributed by atoms with Gasteiger partial charge in [-0.1, -0.05) is 18.2 Å². The monoisotopic (exact) mass is 484 g/mol. The zero-order valence-electron chi connectivity index (χ0n) is 19.8. The van der Waals surface area contributed by atoms with E-state index in [0.717, 1.165) is 58.1 Å². The molecule has 176 valence electrons. The van der Waals surface area contributed by atoms with Gasteiger partial charge in [-0.2, -0.15) is 5.26 Å². The van der Waals surface area contributed by atoms with E-state index in [9.17, 15) is 19.6 Å². The second-order valence-corrected chi connectivity index (χ2v) is 9.99. The van der Waals surface area contributed by atoms with Crippen LogP contribution in [-0.2, 0) is 22.4 Å². The standard InChI is InChI=1S/C27H24N4O3S/c1-15-8-4-6-10-22(15)31-25(33)20(24(32)29-27(31)34)13-18-12-16(2)30(17(18)3)26-21(14-28)19-9-5-7-11-23(19)35-26/h4,6,8,10,12-13H,5,7,9,11H2,1-3H3,(H,29,32,34)/b20-13+. The van der Waals surface area contributed by atoms with E-state index < -0.39 is 17.8 Å². The summed E-state index contributed by atoms with van der Waals surface area (Å²) < 4.78 is 2.03. The van der Waals surface area contributed by atoms with Gasteiger partial charge in [0.2, 0.25) is 0 Å². The van der Waals surface area contributed by atoms with E-state index in [-0.39, 0.29) is 5.57 Å². The van der Waals surface area contributed by atoms with E-state index in [0.29, 0.717) is 16.8 Å². The van der Waals surface area contributed by atoms with Crippen molar-refractivity contribution in [2.24, 2.45) is 0 Å². The Kier molecular flexibility index (Phi) is 5.65. The normalized spacial score (nSPS) is 16.9. The first kappa shape index (κ1) is 22.8. The van der Waals surface area contributed by atoms with Crippen LogP contribution in [0.5, 0.6) is 0 Å². The lowest BCUT2D eigenvalue weighted by atomic mass is 9.96. The SMILES string of the molecule is Cc1ccccc1N1C(=O)NC(=O)/C(=C\c2cc(C)n(-c3sc4c(c3C#N)CCCC4)c2C)C1=O. The molecule has 7 nitrogen and oxygen atoms in total. The molecule has 4 amide bonds. The van der Waals surface area contributed by atoms with Gasteiger partial charge in [0.1, 0.15) is 16.6 Å². The van der Waals surface area contributed by atoms with E-state index in [4.69, 9.17) is 0 Å². The van der Waals surface area contributed by atoms with Gasteiger partial charge in [0.25, 0.3) is 11.8 Å². The van der Waals surface area contributed by atoms with Crippen molar-refractivity contribution in [1.29, 1.82) is 5.26 Å². The molecule has 1 aliphatic carbocycles. The Labute approximate surface area is 207 Å². The molecular formula is C27H24N4O3S.